The minimum atomic E-state index is -4.92. The van der Waals surface area contributed by atoms with Gasteiger partial charge in [0.15, 0.2) is 0 Å². The van der Waals surface area contributed by atoms with Gasteiger partial charge >= 0.3 is 18.1 Å². The number of hydrogen-bond acceptors (Lipinski definition) is 2. The second-order valence-corrected chi connectivity index (χ2v) is 7.77. The van der Waals surface area contributed by atoms with Crippen LogP contribution in [0.1, 0.15) is 33.8 Å². The van der Waals surface area contributed by atoms with E-state index in [1.54, 1.807) is 0 Å². The predicted octanol–water partition coefficient (Wildman–Crippen LogP) is 5.87. The van der Waals surface area contributed by atoms with Gasteiger partial charge < -0.3 is 9.40 Å². The summed E-state index contributed by atoms with van der Waals surface area (Å²) in [6, 6.07) is 10.9. The van der Waals surface area contributed by atoms with E-state index < -0.39 is 29.2 Å². The van der Waals surface area contributed by atoms with Gasteiger partial charge in [-0.2, -0.15) is 26.3 Å². The zero-order chi connectivity index (χ0) is 24.0. The first-order chi connectivity index (χ1) is 15.4. The Hall–Kier alpha value is -3.43. The van der Waals surface area contributed by atoms with E-state index in [2.05, 4.69) is 4.98 Å². The maximum atomic E-state index is 13.1. The molecule has 0 fully saturated rings. The Morgan fingerprint density at radius 1 is 0.909 bits per heavy atom. The fraction of sp³-hybridized carbons (Fsp3) is 0.261. The van der Waals surface area contributed by atoms with Gasteiger partial charge in [0.05, 0.1) is 16.8 Å². The number of rotatable bonds is 5. The van der Waals surface area contributed by atoms with Gasteiger partial charge in [0.2, 0.25) is 0 Å². The third-order valence-electron chi connectivity index (χ3n) is 5.45. The summed E-state index contributed by atoms with van der Waals surface area (Å²) in [6.45, 7) is 0. The van der Waals surface area contributed by atoms with E-state index in [4.69, 9.17) is 4.42 Å². The molecule has 0 aliphatic heterocycles. The van der Waals surface area contributed by atoms with Crippen LogP contribution in [0.3, 0.4) is 0 Å². The summed E-state index contributed by atoms with van der Waals surface area (Å²) in [4.78, 5) is 15.3. The number of halogens is 6. The quantitative estimate of drug-likeness (QED) is 0.373. The van der Waals surface area contributed by atoms with Crippen molar-refractivity contribution < 1.29 is 30.8 Å². The number of nitrogens with zero attached hydrogens (tertiary/aromatic N) is 1. The summed E-state index contributed by atoms with van der Waals surface area (Å²) in [6.07, 6.45) is -9.73. The Morgan fingerprint density at radius 3 is 2.15 bits per heavy atom. The molecular weight excluding hydrogens is 450 g/mol. The van der Waals surface area contributed by atoms with Crippen molar-refractivity contribution in [3.05, 3.63) is 92.9 Å². The molecule has 0 saturated carbocycles. The summed E-state index contributed by atoms with van der Waals surface area (Å²) in [5, 5.41) is 0.955. The number of oxazole rings is 1. The van der Waals surface area contributed by atoms with Gasteiger partial charge in [0.1, 0.15) is 5.76 Å². The lowest BCUT2D eigenvalue weighted by atomic mass is 10.00. The fourth-order valence-corrected chi connectivity index (χ4v) is 3.80. The standard InChI is InChI=1S/C23H18F6N2O2/c1-31-19(7-6-13-8-15(22(24,25)26)11-16(9-13)23(27,28)29)20(33-21(31)32)12-17-10-14-4-2-3-5-18(14)30-17/h2-5,8-11,30H,6-7,12H2,1H3. The highest BCUT2D eigenvalue weighted by Gasteiger charge is 2.36. The number of aromatic nitrogens is 2. The lowest BCUT2D eigenvalue weighted by Crippen LogP contribution is -2.14. The average molecular weight is 468 g/mol. The summed E-state index contributed by atoms with van der Waals surface area (Å²) in [7, 11) is 1.45. The number of benzene rings is 2. The summed E-state index contributed by atoms with van der Waals surface area (Å²) < 4.78 is 85.3. The summed E-state index contributed by atoms with van der Waals surface area (Å²) in [5.41, 5.74) is -0.827. The Kier molecular flexibility index (Phi) is 5.63. The van der Waals surface area contributed by atoms with Crippen LogP contribution in [0, 0.1) is 0 Å². The molecule has 174 valence electrons. The molecule has 2 heterocycles. The second-order valence-electron chi connectivity index (χ2n) is 7.77. The first-order valence-electron chi connectivity index (χ1n) is 9.94. The van der Waals surface area contributed by atoms with Crippen LogP contribution in [0.5, 0.6) is 0 Å². The third-order valence-corrected chi connectivity index (χ3v) is 5.45. The van der Waals surface area contributed by atoms with Crippen LogP contribution in [0.15, 0.2) is 57.7 Å². The monoisotopic (exact) mass is 468 g/mol. The van der Waals surface area contributed by atoms with Crippen LogP contribution in [0.2, 0.25) is 0 Å². The van der Waals surface area contributed by atoms with E-state index in [-0.39, 0.29) is 30.9 Å². The van der Waals surface area contributed by atoms with Crippen LogP contribution in [-0.2, 0) is 38.7 Å². The van der Waals surface area contributed by atoms with Crippen LogP contribution in [0.25, 0.3) is 10.9 Å². The van der Waals surface area contributed by atoms with E-state index in [0.717, 1.165) is 16.6 Å². The van der Waals surface area contributed by atoms with Crippen molar-refractivity contribution in [2.45, 2.75) is 31.6 Å². The van der Waals surface area contributed by atoms with Gasteiger partial charge in [-0.3, -0.25) is 4.57 Å². The Morgan fingerprint density at radius 2 is 1.55 bits per heavy atom. The first kappa shape index (κ1) is 22.8. The van der Waals surface area contributed by atoms with E-state index in [1.165, 1.54) is 11.6 Å². The molecule has 2 aromatic carbocycles. The van der Waals surface area contributed by atoms with Gasteiger partial charge in [-0.05, 0) is 54.1 Å². The predicted molar refractivity (Wildman–Crippen MR) is 109 cm³/mol. The first-order valence-corrected chi connectivity index (χ1v) is 9.94. The number of nitrogens with one attached hydrogen (secondary N) is 1. The lowest BCUT2D eigenvalue weighted by Gasteiger charge is -2.14. The number of alkyl halides is 6. The normalized spacial score (nSPS) is 12.6. The molecule has 0 radical (unpaired) electrons. The summed E-state index contributed by atoms with van der Waals surface area (Å²) >= 11 is 0. The molecule has 0 atom stereocenters. The molecular formula is C23H18F6N2O2. The third kappa shape index (κ3) is 4.84. The smallest absolute Gasteiger partial charge is 0.412 e. The molecule has 0 spiro atoms. The molecule has 4 rings (SSSR count). The molecule has 1 N–H and O–H groups in total. The number of aryl methyl sites for hydroxylation is 1. The average Bonchev–Trinajstić information content (AvgIpc) is 3.25. The fourth-order valence-electron chi connectivity index (χ4n) is 3.80. The highest BCUT2D eigenvalue weighted by molar-refractivity contribution is 5.80. The molecule has 0 amide bonds. The van der Waals surface area contributed by atoms with Crippen LogP contribution >= 0.6 is 0 Å². The molecule has 0 bridgehead atoms. The molecule has 4 aromatic rings. The SMILES string of the molecule is Cn1c(CCc2cc(C(F)(F)F)cc(C(F)(F)F)c2)c(Cc2cc3ccccc3[nH]2)oc1=O. The maximum Gasteiger partial charge on any atom is 0.419 e. The van der Waals surface area contributed by atoms with Gasteiger partial charge in [-0.1, -0.05) is 18.2 Å². The van der Waals surface area contributed by atoms with E-state index in [0.29, 0.717) is 23.6 Å². The second kappa shape index (κ2) is 8.17. The maximum absolute atomic E-state index is 13.1. The highest BCUT2D eigenvalue weighted by atomic mass is 19.4. The molecule has 0 unspecified atom stereocenters. The van der Waals surface area contributed by atoms with Gasteiger partial charge in [0, 0.05) is 24.7 Å². The van der Waals surface area contributed by atoms with Crippen molar-refractivity contribution in [2.24, 2.45) is 7.05 Å². The number of aromatic amines is 1. The number of fused-ring (bicyclic) bond motifs is 1. The molecule has 33 heavy (non-hydrogen) atoms. The Labute approximate surface area is 183 Å². The lowest BCUT2D eigenvalue weighted by molar-refractivity contribution is -0.143. The van der Waals surface area contributed by atoms with Crippen LogP contribution < -0.4 is 5.76 Å². The van der Waals surface area contributed by atoms with E-state index >= 15 is 0 Å². The summed E-state index contributed by atoms with van der Waals surface area (Å²) in [5.74, 6) is -0.354. The Bertz CT molecular complexity index is 1290. The van der Waals surface area contributed by atoms with Crippen molar-refractivity contribution in [1.29, 1.82) is 0 Å². The molecule has 0 saturated heterocycles. The molecule has 2 aromatic heterocycles. The molecule has 4 nitrogen and oxygen atoms in total. The highest BCUT2D eigenvalue weighted by Crippen LogP contribution is 2.36. The largest absolute Gasteiger partial charge is 0.419 e. The van der Waals surface area contributed by atoms with Crippen LogP contribution in [0.4, 0.5) is 26.3 Å². The minimum Gasteiger partial charge on any atom is -0.412 e. The van der Waals surface area contributed by atoms with Crippen molar-refractivity contribution in [2.75, 3.05) is 0 Å². The van der Waals surface area contributed by atoms with Crippen molar-refractivity contribution in [3.63, 3.8) is 0 Å². The van der Waals surface area contributed by atoms with Gasteiger partial charge in [0.25, 0.3) is 0 Å². The van der Waals surface area contributed by atoms with Gasteiger partial charge in [-0.15, -0.1) is 0 Å². The van der Waals surface area contributed by atoms with Gasteiger partial charge in [-0.25, -0.2) is 4.79 Å². The topological polar surface area (TPSA) is 50.9 Å². The molecule has 0 aliphatic carbocycles. The number of hydrogen-bond donors (Lipinski definition) is 1. The Balaban J connectivity index is 1.63. The number of H-pyrrole nitrogens is 1. The van der Waals surface area contributed by atoms with Crippen molar-refractivity contribution in [1.82, 2.24) is 9.55 Å². The minimum absolute atomic E-state index is 0.0242. The number of para-hydroxylation sites is 1. The van der Waals surface area contributed by atoms with Crippen molar-refractivity contribution in [3.8, 4) is 0 Å². The molecule has 10 heteroatoms. The zero-order valence-corrected chi connectivity index (χ0v) is 17.3. The zero-order valence-electron chi connectivity index (χ0n) is 17.3. The van der Waals surface area contributed by atoms with E-state index in [1.807, 2.05) is 30.3 Å². The molecule has 0 aliphatic rings. The van der Waals surface area contributed by atoms with Crippen molar-refractivity contribution >= 4 is 10.9 Å². The van der Waals surface area contributed by atoms with E-state index in [9.17, 15) is 31.1 Å². The van der Waals surface area contributed by atoms with Crippen LogP contribution in [-0.4, -0.2) is 9.55 Å².